The quantitative estimate of drug-likeness (QED) is 0.750. The second-order valence-corrected chi connectivity index (χ2v) is 6.34. The third kappa shape index (κ3) is 5.77. The first kappa shape index (κ1) is 22.9. The molecule has 0 aromatic carbocycles. The number of aryl methyl sites for hydroxylation is 1. The molecule has 3 N–H and O–H groups in total. The summed E-state index contributed by atoms with van der Waals surface area (Å²) < 4.78 is 5.64. The number of nitrogens with zero attached hydrogens (tertiary/aromatic N) is 1. The molecular formula is C16H25Cl2N3O2S. The van der Waals surface area contributed by atoms with E-state index in [1.807, 2.05) is 37.6 Å². The van der Waals surface area contributed by atoms with Crippen LogP contribution in [0.4, 0.5) is 0 Å². The predicted octanol–water partition coefficient (Wildman–Crippen LogP) is 3.73. The maximum absolute atomic E-state index is 12.1. The van der Waals surface area contributed by atoms with E-state index in [1.54, 1.807) is 11.3 Å². The summed E-state index contributed by atoms with van der Waals surface area (Å²) in [4.78, 5) is 16.5. The first-order valence-electron chi connectivity index (χ1n) is 7.52. The van der Waals surface area contributed by atoms with Crippen LogP contribution in [0.1, 0.15) is 38.1 Å². The molecule has 136 valence electrons. The van der Waals surface area contributed by atoms with Crippen molar-refractivity contribution in [3.8, 4) is 11.5 Å². The van der Waals surface area contributed by atoms with Gasteiger partial charge in [0.2, 0.25) is 11.8 Å². The van der Waals surface area contributed by atoms with Crippen molar-refractivity contribution in [3.63, 3.8) is 0 Å². The Hall–Kier alpha value is -1.08. The number of oxazole rings is 1. The van der Waals surface area contributed by atoms with Crippen LogP contribution in [0.15, 0.2) is 21.2 Å². The summed E-state index contributed by atoms with van der Waals surface area (Å²) in [5.41, 5.74) is 7.47. The Morgan fingerprint density at radius 3 is 2.58 bits per heavy atom. The summed E-state index contributed by atoms with van der Waals surface area (Å²) in [6.07, 6.45) is 1.87. The van der Waals surface area contributed by atoms with E-state index in [-0.39, 0.29) is 42.7 Å². The molecule has 0 unspecified atom stereocenters. The number of halogens is 2. The van der Waals surface area contributed by atoms with Crippen LogP contribution in [-0.2, 0) is 11.2 Å². The van der Waals surface area contributed by atoms with Crippen molar-refractivity contribution < 1.29 is 9.21 Å². The normalized spacial score (nSPS) is 10.7. The minimum absolute atomic E-state index is 0. The molecule has 2 aromatic rings. The molecule has 0 saturated heterocycles. The zero-order chi connectivity index (χ0) is 16.2. The highest BCUT2D eigenvalue weighted by Crippen LogP contribution is 2.24. The van der Waals surface area contributed by atoms with Crippen LogP contribution in [0.2, 0.25) is 0 Å². The van der Waals surface area contributed by atoms with Gasteiger partial charge in [-0.05, 0) is 31.2 Å². The standard InChI is InChI=1S/C16H23N3O2S.2ClH/c1-4-16(17,5-2)10-18-14(20)8-13-11(3)21-15(19-13)12-6-7-22-9-12;;/h6-7,9H,4-5,8,10,17H2,1-3H3,(H,18,20);2*1H. The fourth-order valence-corrected chi connectivity index (χ4v) is 2.72. The van der Waals surface area contributed by atoms with E-state index in [1.165, 1.54) is 0 Å². The minimum atomic E-state index is -0.337. The van der Waals surface area contributed by atoms with E-state index in [0.717, 1.165) is 18.4 Å². The number of aromatic nitrogens is 1. The van der Waals surface area contributed by atoms with E-state index < -0.39 is 0 Å². The van der Waals surface area contributed by atoms with Crippen LogP contribution in [0.3, 0.4) is 0 Å². The Labute approximate surface area is 159 Å². The van der Waals surface area contributed by atoms with Crippen molar-refractivity contribution in [3.05, 3.63) is 28.3 Å². The van der Waals surface area contributed by atoms with Crippen LogP contribution in [0.5, 0.6) is 0 Å². The van der Waals surface area contributed by atoms with Crippen LogP contribution < -0.4 is 11.1 Å². The number of hydrogen-bond donors (Lipinski definition) is 2. The van der Waals surface area contributed by atoms with E-state index in [2.05, 4.69) is 10.3 Å². The average Bonchev–Trinajstić information content (AvgIpc) is 3.15. The van der Waals surface area contributed by atoms with Gasteiger partial charge < -0.3 is 15.5 Å². The van der Waals surface area contributed by atoms with Gasteiger partial charge in [-0.1, -0.05) is 13.8 Å². The molecule has 8 heteroatoms. The molecule has 0 spiro atoms. The second-order valence-electron chi connectivity index (χ2n) is 5.56. The summed E-state index contributed by atoms with van der Waals surface area (Å²) in [5, 5.41) is 6.84. The van der Waals surface area contributed by atoms with Crippen molar-refractivity contribution in [1.29, 1.82) is 0 Å². The number of nitrogens with two attached hydrogens (primary N) is 1. The molecule has 0 bridgehead atoms. The van der Waals surface area contributed by atoms with Gasteiger partial charge in [0.05, 0.1) is 12.1 Å². The molecule has 2 rings (SSSR count). The molecule has 0 aliphatic carbocycles. The lowest BCUT2D eigenvalue weighted by molar-refractivity contribution is -0.120. The van der Waals surface area contributed by atoms with Gasteiger partial charge >= 0.3 is 0 Å². The minimum Gasteiger partial charge on any atom is -0.441 e. The highest BCUT2D eigenvalue weighted by atomic mass is 35.5. The Morgan fingerprint density at radius 1 is 1.38 bits per heavy atom. The third-order valence-electron chi connectivity index (χ3n) is 4.03. The lowest BCUT2D eigenvalue weighted by atomic mass is 9.94. The molecule has 0 saturated carbocycles. The first-order chi connectivity index (χ1) is 10.5. The van der Waals surface area contributed by atoms with E-state index >= 15 is 0 Å². The molecule has 0 radical (unpaired) electrons. The van der Waals surface area contributed by atoms with Crippen LogP contribution in [0.25, 0.3) is 11.5 Å². The van der Waals surface area contributed by atoms with Crippen molar-refractivity contribution >= 4 is 42.1 Å². The van der Waals surface area contributed by atoms with E-state index in [9.17, 15) is 4.79 Å². The topological polar surface area (TPSA) is 81.1 Å². The lowest BCUT2D eigenvalue weighted by Gasteiger charge is -2.26. The third-order valence-corrected chi connectivity index (χ3v) is 4.72. The molecule has 0 aliphatic rings. The van der Waals surface area contributed by atoms with Crippen LogP contribution in [0, 0.1) is 6.92 Å². The van der Waals surface area contributed by atoms with Crippen molar-refractivity contribution in [2.45, 2.75) is 45.6 Å². The Kier molecular flexibility index (Phi) is 9.58. The van der Waals surface area contributed by atoms with Crippen LogP contribution >= 0.6 is 36.2 Å². The van der Waals surface area contributed by atoms with E-state index in [0.29, 0.717) is 23.9 Å². The number of carbonyl (C=O) groups excluding carboxylic acids is 1. The monoisotopic (exact) mass is 393 g/mol. The summed E-state index contributed by atoms with van der Waals surface area (Å²) >= 11 is 1.59. The molecule has 24 heavy (non-hydrogen) atoms. The molecule has 0 aliphatic heterocycles. The molecule has 5 nitrogen and oxygen atoms in total. The van der Waals surface area contributed by atoms with Gasteiger partial charge in [0.15, 0.2) is 0 Å². The van der Waals surface area contributed by atoms with Gasteiger partial charge in [-0.3, -0.25) is 4.79 Å². The van der Waals surface area contributed by atoms with Crippen molar-refractivity contribution in [2.24, 2.45) is 5.73 Å². The number of carbonyl (C=O) groups is 1. The molecule has 2 heterocycles. The predicted molar refractivity (Wildman–Crippen MR) is 103 cm³/mol. The highest BCUT2D eigenvalue weighted by molar-refractivity contribution is 7.08. The summed E-state index contributed by atoms with van der Waals surface area (Å²) in [6, 6.07) is 1.95. The fraction of sp³-hybridized carbons (Fsp3) is 0.500. The SMILES string of the molecule is CCC(N)(CC)CNC(=O)Cc1nc(-c2ccsc2)oc1C.Cl.Cl. The summed E-state index contributed by atoms with van der Waals surface area (Å²) in [5.74, 6) is 1.17. The van der Waals surface area contributed by atoms with Crippen molar-refractivity contribution in [1.82, 2.24) is 10.3 Å². The number of amides is 1. The number of nitrogens with one attached hydrogen (secondary N) is 1. The largest absolute Gasteiger partial charge is 0.441 e. The molecule has 0 atom stereocenters. The van der Waals surface area contributed by atoms with Crippen LogP contribution in [-0.4, -0.2) is 23.0 Å². The molecule has 2 aromatic heterocycles. The zero-order valence-corrected chi connectivity index (χ0v) is 16.6. The maximum atomic E-state index is 12.1. The van der Waals surface area contributed by atoms with Gasteiger partial charge in [-0.15, -0.1) is 24.8 Å². The number of rotatable bonds is 7. The zero-order valence-electron chi connectivity index (χ0n) is 14.1. The summed E-state index contributed by atoms with van der Waals surface area (Å²) in [7, 11) is 0. The maximum Gasteiger partial charge on any atom is 0.227 e. The van der Waals surface area contributed by atoms with Gasteiger partial charge in [0.25, 0.3) is 0 Å². The molecular weight excluding hydrogens is 369 g/mol. The number of hydrogen-bond acceptors (Lipinski definition) is 5. The lowest BCUT2D eigenvalue weighted by Crippen LogP contribution is -2.49. The fourth-order valence-electron chi connectivity index (χ4n) is 2.09. The van der Waals surface area contributed by atoms with Gasteiger partial charge in [-0.25, -0.2) is 4.98 Å². The Bertz CT molecular complexity index is 625. The smallest absolute Gasteiger partial charge is 0.227 e. The summed E-state index contributed by atoms with van der Waals surface area (Å²) in [6.45, 7) is 6.37. The second kappa shape index (κ2) is 10.0. The van der Waals surface area contributed by atoms with Gasteiger partial charge in [-0.2, -0.15) is 11.3 Å². The molecule has 1 amide bonds. The number of thiophene rings is 1. The van der Waals surface area contributed by atoms with Gasteiger partial charge in [0, 0.05) is 23.0 Å². The van der Waals surface area contributed by atoms with Gasteiger partial charge in [0.1, 0.15) is 5.76 Å². The molecule has 0 fully saturated rings. The first-order valence-corrected chi connectivity index (χ1v) is 8.46. The Morgan fingerprint density at radius 2 is 2.04 bits per heavy atom. The van der Waals surface area contributed by atoms with Crippen molar-refractivity contribution in [2.75, 3.05) is 6.54 Å². The van der Waals surface area contributed by atoms with E-state index in [4.69, 9.17) is 10.2 Å². The highest BCUT2D eigenvalue weighted by Gasteiger charge is 2.22. The Balaban J connectivity index is 0.00000264. The average molecular weight is 394 g/mol.